The molecule has 2 aliphatic heterocycles. The van der Waals surface area contributed by atoms with Crippen LogP contribution in [0.5, 0.6) is 11.5 Å². The molecule has 9 nitrogen and oxygen atoms in total. The summed E-state index contributed by atoms with van der Waals surface area (Å²) in [6.45, 7) is 4.80. The summed E-state index contributed by atoms with van der Waals surface area (Å²) >= 11 is 0. The second-order valence-electron chi connectivity index (χ2n) is 10.1. The van der Waals surface area contributed by atoms with Crippen LogP contribution in [0.1, 0.15) is 18.1 Å². The van der Waals surface area contributed by atoms with Crippen LogP contribution in [0, 0.1) is 0 Å². The van der Waals surface area contributed by atoms with Crippen molar-refractivity contribution in [1.82, 2.24) is 8.87 Å². The van der Waals surface area contributed by atoms with Gasteiger partial charge >= 0.3 is 0 Å². The van der Waals surface area contributed by atoms with Crippen LogP contribution >= 0.6 is 0 Å². The first kappa shape index (κ1) is 28.0. The molecule has 3 aromatic carbocycles. The maximum Gasteiger partial charge on any atom is 0.258 e. The Labute approximate surface area is 245 Å². The van der Waals surface area contributed by atoms with Gasteiger partial charge in [-0.3, -0.25) is 4.79 Å². The number of hydrogen-bond donors (Lipinski definition) is 0. The number of carbonyl (C=O) groups excluding carboxylic acids is 1. The van der Waals surface area contributed by atoms with E-state index in [1.54, 1.807) is 30.2 Å². The maximum absolute atomic E-state index is 13.6. The van der Waals surface area contributed by atoms with E-state index in [1.807, 2.05) is 67.7 Å². The second kappa shape index (κ2) is 11.6. The van der Waals surface area contributed by atoms with Crippen LogP contribution < -0.4 is 14.4 Å². The molecule has 0 saturated carbocycles. The molecule has 0 atom stereocenters. The average Bonchev–Trinajstić information content (AvgIpc) is 3.51. The molecule has 1 aromatic heterocycles. The Morgan fingerprint density at radius 1 is 0.976 bits per heavy atom. The van der Waals surface area contributed by atoms with Crippen molar-refractivity contribution in [3.05, 3.63) is 84.1 Å². The molecule has 1 saturated heterocycles. The number of rotatable bonds is 9. The van der Waals surface area contributed by atoms with Crippen molar-refractivity contribution in [2.24, 2.45) is 0 Å². The van der Waals surface area contributed by atoms with Gasteiger partial charge in [-0.05, 0) is 61.5 Å². The van der Waals surface area contributed by atoms with E-state index >= 15 is 0 Å². The van der Waals surface area contributed by atoms with Crippen molar-refractivity contribution in [2.45, 2.75) is 18.4 Å². The van der Waals surface area contributed by atoms with Crippen LogP contribution in [0.2, 0.25) is 0 Å². The fourth-order valence-corrected chi connectivity index (χ4v) is 6.99. The van der Waals surface area contributed by atoms with E-state index in [9.17, 15) is 13.2 Å². The third-order valence-corrected chi connectivity index (χ3v) is 9.62. The van der Waals surface area contributed by atoms with Gasteiger partial charge in [0.1, 0.15) is 18.1 Å². The van der Waals surface area contributed by atoms with Gasteiger partial charge in [0.2, 0.25) is 10.0 Å². The molecule has 0 spiro atoms. The number of ether oxygens (including phenoxy) is 3. The van der Waals surface area contributed by atoms with Crippen molar-refractivity contribution >= 4 is 44.2 Å². The molecule has 2 aliphatic rings. The largest absolute Gasteiger partial charge is 0.497 e. The van der Waals surface area contributed by atoms with Crippen molar-refractivity contribution in [3.63, 3.8) is 0 Å². The summed E-state index contributed by atoms with van der Waals surface area (Å²) in [4.78, 5) is 15.5. The highest BCUT2D eigenvalue weighted by Gasteiger charge is 2.34. The summed E-state index contributed by atoms with van der Waals surface area (Å²) in [5.41, 5.74) is 3.71. The average molecular weight is 588 g/mol. The number of hydrogen-bond acceptors (Lipinski definition) is 6. The van der Waals surface area contributed by atoms with Crippen molar-refractivity contribution in [2.75, 3.05) is 51.5 Å². The lowest BCUT2D eigenvalue weighted by Gasteiger charge is -2.26. The highest BCUT2D eigenvalue weighted by molar-refractivity contribution is 7.89. The molecule has 10 heteroatoms. The number of sulfonamides is 1. The standard InChI is InChI=1S/C32H33N3O6S/c1-3-35-31-13-12-26(42(37,38)34-15-17-40-18-16-34)21-28(31)29(32(35)36)20-23-22-33(30-7-5-4-6-27(23)30)14-19-41-25-10-8-24(39-2)9-11-25/h4-13,20-22H,3,14-19H2,1-2H3. The zero-order chi connectivity index (χ0) is 29.3. The lowest BCUT2D eigenvalue weighted by atomic mass is 10.0. The van der Waals surface area contributed by atoms with E-state index in [0.717, 1.165) is 28.0 Å². The Kier molecular flexibility index (Phi) is 7.76. The predicted molar refractivity (Wildman–Crippen MR) is 162 cm³/mol. The smallest absolute Gasteiger partial charge is 0.258 e. The summed E-state index contributed by atoms with van der Waals surface area (Å²) in [5.74, 6) is 1.38. The number of methoxy groups -OCH3 is 1. The van der Waals surface area contributed by atoms with Crippen molar-refractivity contribution < 1.29 is 27.4 Å². The zero-order valence-electron chi connectivity index (χ0n) is 23.7. The number of fused-ring (bicyclic) bond motifs is 2. The monoisotopic (exact) mass is 587 g/mol. The van der Waals surface area contributed by atoms with Gasteiger partial charge in [-0.2, -0.15) is 4.31 Å². The molecule has 6 rings (SSSR count). The Morgan fingerprint density at radius 3 is 2.45 bits per heavy atom. The van der Waals surface area contributed by atoms with Gasteiger partial charge in [0.05, 0.1) is 37.5 Å². The van der Waals surface area contributed by atoms with E-state index in [0.29, 0.717) is 62.8 Å². The minimum atomic E-state index is -3.72. The minimum Gasteiger partial charge on any atom is -0.497 e. The molecule has 1 fully saturated rings. The number of carbonyl (C=O) groups is 1. The molecule has 0 unspecified atom stereocenters. The molecule has 3 heterocycles. The number of aromatic nitrogens is 1. The first-order valence-corrected chi connectivity index (χ1v) is 15.5. The molecular weight excluding hydrogens is 554 g/mol. The van der Waals surface area contributed by atoms with E-state index in [-0.39, 0.29) is 10.8 Å². The van der Waals surface area contributed by atoms with Gasteiger partial charge in [0.15, 0.2) is 0 Å². The second-order valence-corrected chi connectivity index (χ2v) is 12.1. The molecule has 42 heavy (non-hydrogen) atoms. The highest BCUT2D eigenvalue weighted by atomic mass is 32.2. The summed E-state index contributed by atoms with van der Waals surface area (Å²) in [5, 5.41) is 0.996. The Morgan fingerprint density at radius 2 is 1.71 bits per heavy atom. The number of amides is 1. The fourth-order valence-electron chi connectivity index (χ4n) is 5.55. The first-order valence-electron chi connectivity index (χ1n) is 14.0. The van der Waals surface area contributed by atoms with Gasteiger partial charge in [0, 0.05) is 53.4 Å². The third kappa shape index (κ3) is 5.17. The van der Waals surface area contributed by atoms with Crippen LogP contribution in [0.3, 0.4) is 0 Å². The normalized spacial score (nSPS) is 16.8. The summed E-state index contributed by atoms with van der Waals surface area (Å²) in [7, 11) is -2.09. The van der Waals surface area contributed by atoms with E-state index in [2.05, 4.69) is 4.57 Å². The molecule has 4 aromatic rings. The molecule has 0 aliphatic carbocycles. The van der Waals surface area contributed by atoms with Crippen LogP contribution in [0.4, 0.5) is 5.69 Å². The number of nitrogens with zero attached hydrogens (tertiary/aromatic N) is 3. The molecule has 0 bridgehead atoms. The Hall–Kier alpha value is -4.12. The predicted octanol–water partition coefficient (Wildman–Crippen LogP) is 4.66. The number of anilines is 1. The lowest BCUT2D eigenvalue weighted by molar-refractivity contribution is -0.112. The number of benzene rings is 3. The van der Waals surface area contributed by atoms with Gasteiger partial charge in [0.25, 0.3) is 5.91 Å². The Bertz CT molecular complexity index is 1750. The van der Waals surface area contributed by atoms with Gasteiger partial charge in [-0.1, -0.05) is 18.2 Å². The molecule has 218 valence electrons. The van der Waals surface area contributed by atoms with Gasteiger partial charge in [-0.25, -0.2) is 8.42 Å². The minimum absolute atomic E-state index is 0.145. The number of likely N-dealkylation sites (N-methyl/N-ethyl adjacent to an activating group) is 1. The SMILES string of the molecule is CCN1C(=O)C(=Cc2cn(CCOc3ccc(OC)cc3)c3ccccc23)c2cc(S(=O)(=O)N3CCOCC3)ccc21. The van der Waals surface area contributed by atoms with Crippen LogP contribution in [0.25, 0.3) is 22.6 Å². The summed E-state index contributed by atoms with van der Waals surface area (Å²) in [6.07, 6.45) is 3.90. The first-order chi connectivity index (χ1) is 20.4. The maximum atomic E-state index is 13.6. The van der Waals surface area contributed by atoms with Crippen molar-refractivity contribution in [3.8, 4) is 11.5 Å². The summed E-state index contributed by atoms with van der Waals surface area (Å²) < 4.78 is 46.9. The quantitative estimate of drug-likeness (QED) is 0.265. The number of morpholine rings is 1. The molecule has 0 radical (unpaired) electrons. The van der Waals surface area contributed by atoms with E-state index in [1.165, 1.54) is 4.31 Å². The van der Waals surface area contributed by atoms with E-state index < -0.39 is 10.0 Å². The zero-order valence-corrected chi connectivity index (χ0v) is 24.5. The van der Waals surface area contributed by atoms with E-state index in [4.69, 9.17) is 14.2 Å². The van der Waals surface area contributed by atoms with Crippen LogP contribution in [0.15, 0.2) is 77.8 Å². The van der Waals surface area contributed by atoms with Crippen LogP contribution in [-0.2, 0) is 26.1 Å². The number of para-hydroxylation sites is 1. The molecule has 1 amide bonds. The topological polar surface area (TPSA) is 90.3 Å². The fraction of sp³-hybridized carbons (Fsp3) is 0.281. The molecular formula is C32H33N3O6S. The Balaban J connectivity index is 1.33. The molecule has 0 N–H and O–H groups in total. The third-order valence-electron chi connectivity index (χ3n) is 7.73. The van der Waals surface area contributed by atoms with Gasteiger partial charge in [-0.15, -0.1) is 0 Å². The summed E-state index contributed by atoms with van der Waals surface area (Å²) in [6, 6.07) is 20.5. The van der Waals surface area contributed by atoms with Crippen molar-refractivity contribution in [1.29, 1.82) is 0 Å². The highest BCUT2D eigenvalue weighted by Crippen LogP contribution is 2.40. The van der Waals surface area contributed by atoms with Gasteiger partial charge < -0.3 is 23.7 Å². The lowest BCUT2D eigenvalue weighted by Crippen LogP contribution is -2.40. The van der Waals surface area contributed by atoms with Crippen LogP contribution in [-0.4, -0.2) is 69.8 Å².